The van der Waals surface area contributed by atoms with E-state index in [4.69, 9.17) is 15.0 Å². The normalized spacial score (nSPS) is 13.3. The van der Waals surface area contributed by atoms with Gasteiger partial charge in [-0.05, 0) is 49.8 Å². The number of methoxy groups -OCH3 is 1. The molecule has 28 heavy (non-hydrogen) atoms. The van der Waals surface area contributed by atoms with E-state index in [2.05, 4.69) is 6.07 Å². The number of unbranched alkanes of at least 4 members (excludes halogenated alkanes) is 1. The minimum absolute atomic E-state index is 0.000404. The van der Waals surface area contributed by atoms with Crippen molar-refractivity contribution in [3.8, 4) is 17.5 Å². The van der Waals surface area contributed by atoms with Crippen molar-refractivity contribution < 1.29 is 4.74 Å². The third kappa shape index (κ3) is 3.54. The third-order valence-corrected chi connectivity index (χ3v) is 7.14. The van der Waals surface area contributed by atoms with Crippen LogP contribution >= 0.6 is 23.1 Å². The molecule has 1 aliphatic carbocycles. The van der Waals surface area contributed by atoms with Crippen LogP contribution in [0.5, 0.6) is 5.75 Å². The van der Waals surface area contributed by atoms with Gasteiger partial charge in [0.25, 0.3) is 5.56 Å². The van der Waals surface area contributed by atoms with E-state index < -0.39 is 0 Å². The number of nitriles is 1. The van der Waals surface area contributed by atoms with Gasteiger partial charge in [0, 0.05) is 23.1 Å². The van der Waals surface area contributed by atoms with Crippen molar-refractivity contribution in [1.82, 2.24) is 9.55 Å². The number of benzene rings is 1. The lowest BCUT2D eigenvalue weighted by atomic mass is 9.97. The monoisotopic (exact) mass is 411 g/mol. The zero-order valence-corrected chi connectivity index (χ0v) is 17.4. The van der Waals surface area contributed by atoms with Gasteiger partial charge in [-0.25, -0.2) is 4.98 Å². The highest BCUT2D eigenvalue weighted by atomic mass is 32.2. The van der Waals surface area contributed by atoms with E-state index in [0.29, 0.717) is 17.3 Å². The van der Waals surface area contributed by atoms with Crippen LogP contribution in [0.25, 0.3) is 15.9 Å². The average Bonchev–Trinajstić information content (AvgIpc) is 3.10. The van der Waals surface area contributed by atoms with Crippen LogP contribution in [0.3, 0.4) is 0 Å². The van der Waals surface area contributed by atoms with Crippen molar-refractivity contribution in [2.45, 2.75) is 43.7 Å². The SMILES string of the molecule is COc1cccc(-n2c(SCCCC#N)nc3sc4c(c3c2=O)CCCC4)c1. The summed E-state index contributed by atoms with van der Waals surface area (Å²) in [5.41, 5.74) is 1.96. The second-order valence-corrected chi connectivity index (χ2v) is 8.88. The molecule has 144 valence electrons. The van der Waals surface area contributed by atoms with Crippen LogP contribution in [0.4, 0.5) is 0 Å². The van der Waals surface area contributed by atoms with Crippen LogP contribution < -0.4 is 10.3 Å². The molecule has 2 aromatic heterocycles. The van der Waals surface area contributed by atoms with E-state index >= 15 is 0 Å². The topological polar surface area (TPSA) is 67.9 Å². The van der Waals surface area contributed by atoms with E-state index in [9.17, 15) is 4.79 Å². The van der Waals surface area contributed by atoms with Gasteiger partial charge in [0.1, 0.15) is 10.6 Å². The number of ether oxygens (including phenoxy) is 1. The number of fused-ring (bicyclic) bond motifs is 3. The zero-order valence-electron chi connectivity index (χ0n) is 15.7. The van der Waals surface area contributed by atoms with Gasteiger partial charge in [-0.2, -0.15) is 5.26 Å². The Labute approximate surface area is 172 Å². The van der Waals surface area contributed by atoms with Crippen LogP contribution in [0.2, 0.25) is 0 Å². The van der Waals surface area contributed by atoms with Crippen molar-refractivity contribution in [2.75, 3.05) is 12.9 Å². The number of nitrogens with zero attached hydrogens (tertiary/aromatic N) is 3. The highest BCUT2D eigenvalue weighted by Gasteiger charge is 2.23. The lowest BCUT2D eigenvalue weighted by Gasteiger charge is -2.14. The predicted molar refractivity (Wildman–Crippen MR) is 114 cm³/mol. The molecule has 4 rings (SSSR count). The number of thiophene rings is 1. The number of hydrogen-bond acceptors (Lipinski definition) is 6. The van der Waals surface area contributed by atoms with Crippen LogP contribution in [0.1, 0.15) is 36.1 Å². The molecule has 0 N–H and O–H groups in total. The van der Waals surface area contributed by atoms with E-state index in [-0.39, 0.29) is 5.56 Å². The quantitative estimate of drug-likeness (QED) is 0.333. The average molecular weight is 412 g/mol. The van der Waals surface area contributed by atoms with Gasteiger partial charge >= 0.3 is 0 Å². The molecule has 2 heterocycles. The summed E-state index contributed by atoms with van der Waals surface area (Å²) in [7, 11) is 1.62. The maximum absolute atomic E-state index is 13.6. The summed E-state index contributed by atoms with van der Waals surface area (Å²) in [6, 6.07) is 9.71. The first-order chi connectivity index (χ1) is 13.7. The molecule has 0 aliphatic heterocycles. The first kappa shape index (κ1) is 19.0. The molecule has 0 radical (unpaired) electrons. The molecule has 0 saturated heterocycles. The van der Waals surface area contributed by atoms with E-state index in [1.807, 2.05) is 24.3 Å². The van der Waals surface area contributed by atoms with Gasteiger partial charge in [0.2, 0.25) is 0 Å². The number of aromatic nitrogens is 2. The molecule has 0 amide bonds. The van der Waals surface area contributed by atoms with Crippen LogP contribution in [0.15, 0.2) is 34.2 Å². The number of rotatable bonds is 6. The van der Waals surface area contributed by atoms with Gasteiger partial charge < -0.3 is 4.74 Å². The molecule has 0 spiro atoms. The lowest BCUT2D eigenvalue weighted by molar-refractivity contribution is 0.414. The molecule has 0 fully saturated rings. The van der Waals surface area contributed by atoms with E-state index in [1.165, 1.54) is 28.6 Å². The second-order valence-electron chi connectivity index (χ2n) is 6.74. The Kier molecular flexibility index (Phi) is 5.69. The molecule has 0 bridgehead atoms. The van der Waals surface area contributed by atoms with Crippen molar-refractivity contribution in [1.29, 1.82) is 5.26 Å². The maximum Gasteiger partial charge on any atom is 0.267 e. The van der Waals surface area contributed by atoms with Crippen LogP contribution in [-0.2, 0) is 12.8 Å². The van der Waals surface area contributed by atoms with Gasteiger partial charge in [-0.3, -0.25) is 9.36 Å². The van der Waals surface area contributed by atoms with Gasteiger partial charge in [0.05, 0.1) is 24.3 Å². The first-order valence-electron chi connectivity index (χ1n) is 9.44. The maximum atomic E-state index is 13.6. The Hall–Kier alpha value is -2.30. The van der Waals surface area contributed by atoms with Crippen LogP contribution in [0, 0.1) is 11.3 Å². The summed E-state index contributed by atoms with van der Waals surface area (Å²) in [6.45, 7) is 0. The molecule has 5 nitrogen and oxygen atoms in total. The highest BCUT2D eigenvalue weighted by Crippen LogP contribution is 2.35. The molecule has 0 atom stereocenters. The minimum Gasteiger partial charge on any atom is -0.497 e. The molecular formula is C21H21N3O2S2. The Bertz CT molecular complexity index is 1110. The Balaban J connectivity index is 1.89. The summed E-state index contributed by atoms with van der Waals surface area (Å²) in [5, 5.41) is 10.3. The molecule has 3 aromatic rings. The summed E-state index contributed by atoms with van der Waals surface area (Å²) in [5.74, 6) is 1.46. The zero-order chi connectivity index (χ0) is 19.5. The summed E-state index contributed by atoms with van der Waals surface area (Å²) in [4.78, 5) is 20.6. The second kappa shape index (κ2) is 8.38. The van der Waals surface area contributed by atoms with Crippen molar-refractivity contribution >= 4 is 33.3 Å². The Morgan fingerprint density at radius 1 is 1.36 bits per heavy atom. The summed E-state index contributed by atoms with van der Waals surface area (Å²) < 4.78 is 7.07. The number of aryl methyl sites for hydroxylation is 2. The van der Waals surface area contributed by atoms with E-state index in [0.717, 1.165) is 47.3 Å². The molecule has 1 aliphatic rings. The fourth-order valence-corrected chi connectivity index (χ4v) is 5.83. The fourth-order valence-electron chi connectivity index (χ4n) is 3.58. The number of thioether (sulfide) groups is 1. The minimum atomic E-state index is 0.000404. The molecular weight excluding hydrogens is 390 g/mol. The smallest absolute Gasteiger partial charge is 0.267 e. The number of hydrogen-bond donors (Lipinski definition) is 0. The molecule has 0 unspecified atom stereocenters. The Morgan fingerprint density at radius 3 is 3.04 bits per heavy atom. The fraction of sp³-hybridized carbons (Fsp3) is 0.381. The van der Waals surface area contributed by atoms with Crippen molar-refractivity contribution in [2.24, 2.45) is 0 Å². The third-order valence-electron chi connectivity index (χ3n) is 4.93. The molecule has 0 saturated carbocycles. The largest absolute Gasteiger partial charge is 0.497 e. The van der Waals surface area contributed by atoms with Crippen molar-refractivity contribution in [3.63, 3.8) is 0 Å². The van der Waals surface area contributed by atoms with Gasteiger partial charge in [0.15, 0.2) is 5.16 Å². The predicted octanol–water partition coefficient (Wildman–Crippen LogP) is 4.73. The molecule has 1 aromatic carbocycles. The standard InChI is InChI=1S/C21H21N3O2S2/c1-26-15-8-6-7-14(13-15)24-20(25)18-16-9-2-3-10-17(16)28-19(18)23-21(24)27-12-5-4-11-22/h6-8,13H,2-5,9-10,12H2,1H3. The summed E-state index contributed by atoms with van der Waals surface area (Å²) in [6.07, 6.45) is 5.58. The Morgan fingerprint density at radius 2 is 2.21 bits per heavy atom. The van der Waals surface area contributed by atoms with Gasteiger partial charge in [-0.1, -0.05) is 17.8 Å². The van der Waals surface area contributed by atoms with Crippen molar-refractivity contribution in [3.05, 3.63) is 45.1 Å². The van der Waals surface area contributed by atoms with Crippen LogP contribution in [-0.4, -0.2) is 22.4 Å². The summed E-state index contributed by atoms with van der Waals surface area (Å²) >= 11 is 3.21. The molecule has 7 heteroatoms. The van der Waals surface area contributed by atoms with Gasteiger partial charge in [-0.15, -0.1) is 11.3 Å². The first-order valence-corrected chi connectivity index (χ1v) is 11.2. The highest BCUT2D eigenvalue weighted by molar-refractivity contribution is 7.99. The van der Waals surface area contributed by atoms with E-state index in [1.54, 1.807) is 23.0 Å². The lowest BCUT2D eigenvalue weighted by Crippen LogP contribution is -2.22.